The van der Waals surface area contributed by atoms with E-state index >= 15 is 0 Å². The molecule has 5 rings (SSSR count). The second-order valence-corrected chi connectivity index (χ2v) is 12.6. The minimum absolute atomic E-state index is 1.30. The highest BCUT2D eigenvalue weighted by atomic mass is 14.3. The first-order valence-corrected chi connectivity index (χ1v) is 14.8. The second kappa shape index (κ2) is 9.62. The number of benzene rings is 5. The van der Waals surface area contributed by atoms with E-state index in [9.17, 15) is 0 Å². The maximum absolute atomic E-state index is 2.36. The predicted molar refractivity (Wildman–Crippen MR) is 179 cm³/mol. The third-order valence-electron chi connectivity index (χ3n) is 11.0. The zero-order valence-electron chi connectivity index (χ0n) is 27.3. The summed E-state index contributed by atoms with van der Waals surface area (Å²) in [5, 5.41) is 5.71. The van der Waals surface area contributed by atoms with Crippen molar-refractivity contribution in [1.29, 1.82) is 0 Å². The molecule has 0 aliphatic carbocycles. The topological polar surface area (TPSA) is 0 Å². The average Bonchev–Trinajstić information content (AvgIpc) is 2.94. The van der Waals surface area contributed by atoms with Crippen LogP contribution in [-0.4, -0.2) is 0 Å². The fourth-order valence-electron chi connectivity index (χ4n) is 7.26. The largest absolute Gasteiger partial charge is 0.0587 e. The first-order valence-electron chi connectivity index (χ1n) is 14.8. The molecule has 0 aliphatic heterocycles. The van der Waals surface area contributed by atoms with Crippen molar-refractivity contribution in [3.8, 4) is 22.3 Å². The third-order valence-corrected chi connectivity index (χ3v) is 11.0. The van der Waals surface area contributed by atoms with Crippen LogP contribution in [0.1, 0.15) is 77.9 Å². The van der Waals surface area contributed by atoms with Gasteiger partial charge in [0.2, 0.25) is 0 Å². The lowest BCUT2D eigenvalue weighted by molar-refractivity contribution is 1.18. The Balaban J connectivity index is 2.29. The molecule has 40 heavy (non-hydrogen) atoms. The maximum Gasteiger partial charge on any atom is -0.00151 e. The molecule has 0 heteroatoms. The zero-order valence-corrected chi connectivity index (χ0v) is 27.3. The molecule has 5 aromatic rings. The van der Waals surface area contributed by atoms with Crippen LogP contribution in [-0.2, 0) is 0 Å². The SMILES string of the molecule is Cc1ccc(-c2c3c(C)c(C)c(C)c(C)c3c(-c3c(C)c(C)c(C)c(C)c3C)c3c(C)c(C)c(C)c(C)c23)cc1. The molecular weight excluding hydrogens is 480 g/mol. The molecule has 0 radical (unpaired) electrons. The van der Waals surface area contributed by atoms with E-state index in [1.54, 1.807) is 0 Å². The summed E-state index contributed by atoms with van der Waals surface area (Å²) in [5.41, 5.74) is 25.2. The van der Waals surface area contributed by atoms with Crippen molar-refractivity contribution in [2.24, 2.45) is 0 Å². The zero-order chi connectivity index (χ0) is 29.5. The molecule has 0 N–H and O–H groups in total. The van der Waals surface area contributed by atoms with Crippen molar-refractivity contribution in [1.82, 2.24) is 0 Å². The first kappa shape index (κ1) is 28.2. The Bertz CT molecular complexity index is 1780. The first-order chi connectivity index (χ1) is 18.7. The molecule has 0 unspecified atom stereocenters. The number of hydrogen-bond acceptors (Lipinski definition) is 0. The van der Waals surface area contributed by atoms with E-state index in [1.165, 1.54) is 122 Å². The maximum atomic E-state index is 2.36. The summed E-state index contributed by atoms with van der Waals surface area (Å²) >= 11 is 0. The molecule has 0 aliphatic rings. The molecule has 5 aromatic carbocycles. The number of hydrogen-bond donors (Lipinski definition) is 0. The highest BCUT2D eigenvalue weighted by molar-refractivity contribution is 6.25. The summed E-state index contributed by atoms with van der Waals surface area (Å²) in [6.07, 6.45) is 0. The quantitative estimate of drug-likeness (QED) is 0.201. The highest BCUT2D eigenvalue weighted by Crippen LogP contribution is 2.52. The van der Waals surface area contributed by atoms with Gasteiger partial charge in [-0.05, 0) is 213 Å². The minimum Gasteiger partial charge on any atom is -0.0587 e. The van der Waals surface area contributed by atoms with Crippen LogP contribution < -0.4 is 0 Å². The Labute approximate surface area is 242 Å². The summed E-state index contributed by atoms with van der Waals surface area (Å²) in [6.45, 7) is 32.5. The van der Waals surface area contributed by atoms with Crippen molar-refractivity contribution in [3.63, 3.8) is 0 Å². The standard InChI is InChI=1S/C40H46/c1-19-15-17-33(18-16-19)39-35-29(11)23(5)25(7)31(13)37(35)40(34-27(9)21(3)20(2)22(4)28(34)10)38-32(14)26(8)24(6)30(12)36(38)39/h15-18H,1-14H3. The van der Waals surface area contributed by atoms with E-state index in [1.807, 2.05) is 0 Å². The molecule has 0 nitrogen and oxygen atoms in total. The van der Waals surface area contributed by atoms with Crippen molar-refractivity contribution in [3.05, 3.63) is 102 Å². The van der Waals surface area contributed by atoms with Gasteiger partial charge >= 0.3 is 0 Å². The van der Waals surface area contributed by atoms with Crippen LogP contribution in [0, 0.1) is 96.9 Å². The Morgan fingerprint density at radius 2 is 0.525 bits per heavy atom. The molecule has 0 saturated heterocycles. The van der Waals surface area contributed by atoms with Gasteiger partial charge in [-0.3, -0.25) is 0 Å². The van der Waals surface area contributed by atoms with Gasteiger partial charge in [-0.15, -0.1) is 0 Å². The van der Waals surface area contributed by atoms with Gasteiger partial charge in [-0.25, -0.2) is 0 Å². The molecule has 206 valence electrons. The summed E-state index contributed by atoms with van der Waals surface area (Å²) in [5.74, 6) is 0. The Morgan fingerprint density at radius 3 is 0.875 bits per heavy atom. The van der Waals surface area contributed by atoms with E-state index in [0.29, 0.717) is 0 Å². The van der Waals surface area contributed by atoms with Gasteiger partial charge in [0.1, 0.15) is 0 Å². The molecular formula is C40H46. The normalized spacial score (nSPS) is 11.8. The fourth-order valence-corrected chi connectivity index (χ4v) is 7.26. The molecule has 0 amide bonds. The van der Waals surface area contributed by atoms with Crippen LogP contribution in [0.15, 0.2) is 24.3 Å². The lowest BCUT2D eigenvalue weighted by atomic mass is 9.74. The average molecular weight is 527 g/mol. The number of rotatable bonds is 2. The summed E-state index contributed by atoms with van der Waals surface area (Å²) < 4.78 is 0. The van der Waals surface area contributed by atoms with Gasteiger partial charge in [0.25, 0.3) is 0 Å². The van der Waals surface area contributed by atoms with Gasteiger partial charge in [-0.2, -0.15) is 0 Å². The molecule has 0 fully saturated rings. The van der Waals surface area contributed by atoms with Crippen molar-refractivity contribution < 1.29 is 0 Å². The summed E-state index contributed by atoms with van der Waals surface area (Å²) in [7, 11) is 0. The van der Waals surface area contributed by atoms with Gasteiger partial charge in [-0.1, -0.05) is 29.8 Å². The van der Waals surface area contributed by atoms with Crippen LogP contribution in [0.2, 0.25) is 0 Å². The van der Waals surface area contributed by atoms with Crippen molar-refractivity contribution in [2.45, 2.75) is 96.9 Å². The van der Waals surface area contributed by atoms with Gasteiger partial charge in [0, 0.05) is 0 Å². The minimum atomic E-state index is 1.30. The van der Waals surface area contributed by atoms with E-state index in [4.69, 9.17) is 0 Å². The van der Waals surface area contributed by atoms with Crippen molar-refractivity contribution >= 4 is 21.5 Å². The summed E-state index contributed by atoms with van der Waals surface area (Å²) in [4.78, 5) is 0. The number of aryl methyl sites for hydroxylation is 5. The Hall–Kier alpha value is -3.38. The molecule has 0 aromatic heterocycles. The molecule has 0 atom stereocenters. The van der Waals surface area contributed by atoms with E-state index < -0.39 is 0 Å². The Kier molecular flexibility index (Phi) is 6.77. The van der Waals surface area contributed by atoms with Gasteiger partial charge < -0.3 is 0 Å². The lowest BCUT2D eigenvalue weighted by Gasteiger charge is -2.29. The Morgan fingerprint density at radius 1 is 0.250 bits per heavy atom. The second-order valence-electron chi connectivity index (χ2n) is 12.6. The smallest absolute Gasteiger partial charge is 0.00151 e. The predicted octanol–water partition coefficient (Wildman–Crippen LogP) is 11.6. The van der Waals surface area contributed by atoms with Gasteiger partial charge in [0.05, 0.1) is 0 Å². The number of fused-ring (bicyclic) bond motifs is 2. The van der Waals surface area contributed by atoms with Crippen LogP contribution in [0.3, 0.4) is 0 Å². The van der Waals surface area contributed by atoms with E-state index in [2.05, 4.69) is 121 Å². The van der Waals surface area contributed by atoms with E-state index in [-0.39, 0.29) is 0 Å². The van der Waals surface area contributed by atoms with Crippen LogP contribution in [0.25, 0.3) is 43.8 Å². The lowest BCUT2D eigenvalue weighted by Crippen LogP contribution is -2.06. The van der Waals surface area contributed by atoms with Crippen LogP contribution in [0.5, 0.6) is 0 Å². The molecule has 0 bridgehead atoms. The highest BCUT2D eigenvalue weighted by Gasteiger charge is 2.27. The monoisotopic (exact) mass is 526 g/mol. The fraction of sp³-hybridized carbons (Fsp3) is 0.350. The molecule has 0 heterocycles. The van der Waals surface area contributed by atoms with Gasteiger partial charge in [0.15, 0.2) is 0 Å². The van der Waals surface area contributed by atoms with Crippen molar-refractivity contribution in [2.75, 3.05) is 0 Å². The summed E-state index contributed by atoms with van der Waals surface area (Å²) in [6, 6.07) is 9.23. The molecule has 0 spiro atoms. The van der Waals surface area contributed by atoms with Crippen LogP contribution in [0.4, 0.5) is 0 Å². The van der Waals surface area contributed by atoms with E-state index in [0.717, 1.165) is 0 Å². The third kappa shape index (κ3) is 3.72. The molecule has 0 saturated carbocycles. The van der Waals surface area contributed by atoms with Crippen LogP contribution >= 0.6 is 0 Å².